The molecule has 0 aliphatic carbocycles. The summed E-state index contributed by atoms with van der Waals surface area (Å²) in [7, 11) is 0. The second kappa shape index (κ2) is 5.61. The monoisotopic (exact) mass is 255 g/mol. The van der Waals surface area contributed by atoms with Gasteiger partial charge in [-0.2, -0.15) is 0 Å². The molecule has 0 atom stereocenters. The number of rotatable bonds is 3. The minimum absolute atomic E-state index is 0.147. The van der Waals surface area contributed by atoms with Gasteiger partial charge in [-0.1, -0.05) is 26.0 Å². The summed E-state index contributed by atoms with van der Waals surface area (Å²) < 4.78 is 0. The average Bonchev–Trinajstić information content (AvgIpc) is 2.40. The molecule has 0 fully saturated rings. The van der Waals surface area contributed by atoms with Crippen molar-refractivity contribution < 1.29 is 5.11 Å². The maximum absolute atomic E-state index is 9.97. The van der Waals surface area contributed by atoms with Crippen LogP contribution in [0.5, 0.6) is 5.75 Å². The van der Waals surface area contributed by atoms with Crippen LogP contribution < -0.4 is 0 Å². The SMILES string of the molecule is Cc1ccc(O)c(N=Nc2ccccn2)c1C(C)C. The first-order valence-corrected chi connectivity index (χ1v) is 6.25. The molecule has 4 nitrogen and oxygen atoms in total. The fourth-order valence-electron chi connectivity index (χ4n) is 2.05. The molecule has 0 aliphatic heterocycles. The number of aryl methyl sites for hydroxylation is 1. The van der Waals surface area contributed by atoms with E-state index in [0.29, 0.717) is 11.5 Å². The first kappa shape index (κ1) is 13.2. The summed E-state index contributed by atoms with van der Waals surface area (Å²) in [6.45, 7) is 6.15. The van der Waals surface area contributed by atoms with Crippen LogP contribution in [-0.2, 0) is 0 Å². The van der Waals surface area contributed by atoms with Gasteiger partial charge in [-0.15, -0.1) is 10.2 Å². The molecule has 0 unspecified atom stereocenters. The van der Waals surface area contributed by atoms with Gasteiger partial charge in [-0.25, -0.2) is 4.98 Å². The van der Waals surface area contributed by atoms with E-state index in [1.807, 2.05) is 25.1 Å². The van der Waals surface area contributed by atoms with E-state index in [-0.39, 0.29) is 11.7 Å². The van der Waals surface area contributed by atoms with Gasteiger partial charge in [0.1, 0.15) is 11.4 Å². The lowest BCUT2D eigenvalue weighted by atomic mass is 9.96. The fraction of sp³-hybridized carbons (Fsp3) is 0.267. The van der Waals surface area contributed by atoms with Gasteiger partial charge in [0.2, 0.25) is 0 Å². The minimum Gasteiger partial charge on any atom is -0.506 e. The molecule has 2 aromatic rings. The number of phenolic OH excluding ortho intramolecular Hbond substituents is 1. The van der Waals surface area contributed by atoms with Crippen molar-refractivity contribution in [1.82, 2.24) is 4.98 Å². The Morgan fingerprint density at radius 1 is 1.11 bits per heavy atom. The molecule has 19 heavy (non-hydrogen) atoms. The lowest BCUT2D eigenvalue weighted by molar-refractivity contribution is 0.475. The number of pyridine rings is 1. The van der Waals surface area contributed by atoms with Crippen molar-refractivity contribution in [1.29, 1.82) is 0 Å². The zero-order valence-corrected chi connectivity index (χ0v) is 11.3. The number of aromatic hydroxyl groups is 1. The highest BCUT2D eigenvalue weighted by molar-refractivity contribution is 5.60. The van der Waals surface area contributed by atoms with Gasteiger partial charge in [-0.3, -0.25) is 0 Å². The standard InChI is InChI=1S/C15H17N3O/c1-10(2)14-11(3)7-8-12(19)15(14)18-17-13-6-4-5-9-16-13/h4-10,19H,1-3H3. The van der Waals surface area contributed by atoms with Crippen molar-refractivity contribution in [3.63, 3.8) is 0 Å². The molecule has 0 radical (unpaired) electrons. The molecule has 0 bridgehead atoms. The van der Waals surface area contributed by atoms with E-state index in [9.17, 15) is 5.11 Å². The van der Waals surface area contributed by atoms with Crippen LogP contribution in [0.1, 0.15) is 30.9 Å². The largest absolute Gasteiger partial charge is 0.506 e. The lowest BCUT2D eigenvalue weighted by Gasteiger charge is -2.13. The van der Waals surface area contributed by atoms with E-state index in [4.69, 9.17) is 0 Å². The maximum atomic E-state index is 9.97. The predicted octanol–water partition coefficient (Wildman–Crippen LogP) is 4.63. The van der Waals surface area contributed by atoms with Gasteiger partial charge in [0.05, 0.1) is 0 Å². The Morgan fingerprint density at radius 2 is 1.89 bits per heavy atom. The van der Waals surface area contributed by atoms with Gasteiger partial charge in [0, 0.05) is 6.20 Å². The third-order valence-corrected chi connectivity index (χ3v) is 2.89. The smallest absolute Gasteiger partial charge is 0.174 e. The quantitative estimate of drug-likeness (QED) is 0.812. The van der Waals surface area contributed by atoms with Crippen molar-refractivity contribution in [2.24, 2.45) is 10.2 Å². The van der Waals surface area contributed by atoms with Crippen LogP contribution in [0.4, 0.5) is 11.5 Å². The van der Waals surface area contributed by atoms with Gasteiger partial charge in [0.15, 0.2) is 5.82 Å². The molecule has 98 valence electrons. The molecule has 1 N–H and O–H groups in total. The number of hydrogen-bond acceptors (Lipinski definition) is 4. The summed E-state index contributed by atoms with van der Waals surface area (Å²) in [5.74, 6) is 0.942. The van der Waals surface area contributed by atoms with E-state index in [1.165, 1.54) is 0 Å². The zero-order chi connectivity index (χ0) is 13.8. The number of aromatic nitrogens is 1. The molecular weight excluding hydrogens is 238 g/mol. The molecule has 0 spiro atoms. The van der Waals surface area contributed by atoms with E-state index in [1.54, 1.807) is 18.3 Å². The average molecular weight is 255 g/mol. The fourth-order valence-corrected chi connectivity index (χ4v) is 2.05. The van der Waals surface area contributed by atoms with Crippen LogP contribution in [0.3, 0.4) is 0 Å². The Balaban J connectivity index is 2.45. The number of benzene rings is 1. The van der Waals surface area contributed by atoms with Crippen LogP contribution >= 0.6 is 0 Å². The lowest BCUT2D eigenvalue weighted by Crippen LogP contribution is -1.92. The molecule has 0 aliphatic rings. The summed E-state index contributed by atoms with van der Waals surface area (Å²) >= 11 is 0. The molecular formula is C15H17N3O. The van der Waals surface area contributed by atoms with Gasteiger partial charge < -0.3 is 5.11 Å². The molecule has 4 heteroatoms. The van der Waals surface area contributed by atoms with Crippen LogP contribution in [0, 0.1) is 6.92 Å². The van der Waals surface area contributed by atoms with Gasteiger partial charge in [-0.05, 0) is 42.2 Å². The molecule has 0 amide bonds. The molecule has 2 rings (SSSR count). The molecule has 1 aromatic carbocycles. The normalized spacial score (nSPS) is 11.4. The predicted molar refractivity (Wildman–Crippen MR) is 75.3 cm³/mol. The summed E-state index contributed by atoms with van der Waals surface area (Å²) in [6.07, 6.45) is 1.66. The van der Waals surface area contributed by atoms with Crippen LogP contribution in [0.2, 0.25) is 0 Å². The number of hydrogen-bond donors (Lipinski definition) is 1. The zero-order valence-electron chi connectivity index (χ0n) is 11.3. The highest BCUT2D eigenvalue weighted by atomic mass is 16.3. The topological polar surface area (TPSA) is 57.8 Å². The number of azo groups is 1. The van der Waals surface area contributed by atoms with E-state index in [0.717, 1.165) is 11.1 Å². The third-order valence-electron chi connectivity index (χ3n) is 2.89. The molecule has 0 saturated carbocycles. The Bertz CT molecular complexity index is 592. The van der Waals surface area contributed by atoms with Crippen molar-refractivity contribution >= 4 is 11.5 Å². The summed E-state index contributed by atoms with van der Waals surface area (Å²) in [5.41, 5.74) is 2.64. The molecule has 1 aromatic heterocycles. The molecule has 1 heterocycles. The first-order valence-electron chi connectivity index (χ1n) is 6.25. The number of phenols is 1. The van der Waals surface area contributed by atoms with Crippen molar-refractivity contribution in [2.75, 3.05) is 0 Å². The summed E-state index contributed by atoms with van der Waals surface area (Å²) in [5, 5.41) is 18.2. The third kappa shape index (κ3) is 2.96. The van der Waals surface area contributed by atoms with Gasteiger partial charge in [0.25, 0.3) is 0 Å². The van der Waals surface area contributed by atoms with Crippen molar-refractivity contribution in [3.8, 4) is 5.75 Å². The molecule has 0 saturated heterocycles. The van der Waals surface area contributed by atoms with Gasteiger partial charge >= 0.3 is 0 Å². The minimum atomic E-state index is 0.147. The van der Waals surface area contributed by atoms with Crippen molar-refractivity contribution in [3.05, 3.63) is 47.7 Å². The van der Waals surface area contributed by atoms with E-state index >= 15 is 0 Å². The highest BCUT2D eigenvalue weighted by Gasteiger charge is 2.13. The summed E-state index contributed by atoms with van der Waals surface area (Å²) in [6, 6.07) is 8.98. The van der Waals surface area contributed by atoms with E-state index in [2.05, 4.69) is 29.1 Å². The van der Waals surface area contributed by atoms with Crippen LogP contribution in [0.25, 0.3) is 0 Å². The van der Waals surface area contributed by atoms with Crippen molar-refractivity contribution in [2.45, 2.75) is 26.7 Å². The Labute approximate surface area is 112 Å². The maximum Gasteiger partial charge on any atom is 0.174 e. The van der Waals surface area contributed by atoms with Crippen LogP contribution in [-0.4, -0.2) is 10.1 Å². The Hall–Kier alpha value is -2.23. The Morgan fingerprint density at radius 3 is 2.53 bits per heavy atom. The first-order chi connectivity index (χ1) is 9.09. The number of nitrogens with zero attached hydrogens (tertiary/aromatic N) is 3. The Kier molecular flexibility index (Phi) is 3.90. The van der Waals surface area contributed by atoms with E-state index < -0.39 is 0 Å². The highest BCUT2D eigenvalue weighted by Crippen LogP contribution is 2.38. The second-order valence-electron chi connectivity index (χ2n) is 4.71. The second-order valence-corrected chi connectivity index (χ2v) is 4.71. The van der Waals surface area contributed by atoms with Crippen LogP contribution in [0.15, 0.2) is 46.8 Å². The summed E-state index contributed by atoms with van der Waals surface area (Å²) in [4.78, 5) is 4.08.